The maximum Gasteiger partial charge on any atom is 0.262 e. The largest absolute Gasteiger partial charge is 0.310 e. The first-order valence-electron chi connectivity index (χ1n) is 9.07. The molecular weight excluding hydrogens is 340 g/mol. The zero-order valence-electron chi connectivity index (χ0n) is 15.3. The second-order valence-electron chi connectivity index (χ2n) is 7.33. The predicted molar refractivity (Wildman–Crippen MR) is 104 cm³/mol. The number of benzene rings is 1. The molecule has 1 N–H and O–H groups in total. The Bertz CT molecular complexity index is 1220. The van der Waals surface area contributed by atoms with Gasteiger partial charge in [0.05, 0.1) is 11.7 Å². The van der Waals surface area contributed by atoms with Crippen molar-refractivity contribution >= 4 is 21.9 Å². The minimum absolute atomic E-state index is 0.112. The average molecular weight is 360 g/mol. The number of fused-ring (bicyclic) bond motifs is 2. The highest BCUT2D eigenvalue weighted by Crippen LogP contribution is 2.27. The zero-order valence-corrected chi connectivity index (χ0v) is 15.3. The Morgan fingerprint density at radius 1 is 1.19 bits per heavy atom. The Labute approximate surface area is 155 Å². The number of aromatic nitrogens is 5. The third-order valence-corrected chi connectivity index (χ3v) is 5.26. The first-order chi connectivity index (χ1) is 13.1. The van der Waals surface area contributed by atoms with Crippen molar-refractivity contribution < 1.29 is 0 Å². The number of pyridine rings is 1. The Kier molecular flexibility index (Phi) is 3.58. The predicted octanol–water partition coefficient (Wildman–Crippen LogP) is 2.11. The van der Waals surface area contributed by atoms with Crippen LogP contribution in [0.3, 0.4) is 0 Å². The van der Waals surface area contributed by atoms with Crippen LogP contribution in [0.2, 0.25) is 0 Å². The van der Waals surface area contributed by atoms with E-state index in [1.54, 1.807) is 10.9 Å². The van der Waals surface area contributed by atoms with Gasteiger partial charge in [-0.05, 0) is 30.7 Å². The number of aryl methyl sites for hydroxylation is 2. The Morgan fingerprint density at radius 3 is 2.89 bits per heavy atom. The number of nitrogens with zero attached hydrogens (tertiary/aromatic N) is 5. The molecule has 3 aromatic heterocycles. The van der Waals surface area contributed by atoms with Crippen LogP contribution >= 0.6 is 0 Å². The summed E-state index contributed by atoms with van der Waals surface area (Å²) in [6.45, 7) is 4.67. The lowest BCUT2D eigenvalue weighted by molar-refractivity contribution is 0.135. The van der Waals surface area contributed by atoms with Crippen LogP contribution in [0.1, 0.15) is 23.0 Å². The monoisotopic (exact) mass is 360 g/mol. The van der Waals surface area contributed by atoms with Crippen LogP contribution in [0, 0.1) is 6.92 Å². The van der Waals surface area contributed by atoms with E-state index >= 15 is 0 Å². The summed E-state index contributed by atoms with van der Waals surface area (Å²) in [7, 11) is 1.81. The van der Waals surface area contributed by atoms with Crippen molar-refractivity contribution in [3.8, 4) is 0 Å². The molecule has 1 fully saturated rings. The molecule has 4 heterocycles. The van der Waals surface area contributed by atoms with E-state index in [-0.39, 0.29) is 11.5 Å². The molecule has 0 radical (unpaired) electrons. The van der Waals surface area contributed by atoms with E-state index in [0.29, 0.717) is 11.0 Å². The van der Waals surface area contributed by atoms with Gasteiger partial charge < -0.3 is 4.98 Å². The number of hydrogen-bond acceptors (Lipinski definition) is 5. The van der Waals surface area contributed by atoms with E-state index in [4.69, 9.17) is 0 Å². The molecule has 1 aliphatic heterocycles. The van der Waals surface area contributed by atoms with Crippen molar-refractivity contribution in [3.63, 3.8) is 0 Å². The van der Waals surface area contributed by atoms with E-state index in [1.807, 2.05) is 20.0 Å². The Balaban J connectivity index is 1.31. The lowest BCUT2D eigenvalue weighted by atomic mass is 9.98. The van der Waals surface area contributed by atoms with Gasteiger partial charge in [0.1, 0.15) is 11.2 Å². The van der Waals surface area contributed by atoms with E-state index in [9.17, 15) is 4.79 Å². The highest BCUT2D eigenvalue weighted by Gasteiger charge is 2.30. The smallest absolute Gasteiger partial charge is 0.262 e. The van der Waals surface area contributed by atoms with Gasteiger partial charge in [-0.2, -0.15) is 5.10 Å². The summed E-state index contributed by atoms with van der Waals surface area (Å²) < 4.78 is 1.65. The van der Waals surface area contributed by atoms with Crippen molar-refractivity contribution in [2.24, 2.45) is 7.05 Å². The van der Waals surface area contributed by atoms with Gasteiger partial charge in [-0.1, -0.05) is 12.1 Å². The molecule has 4 aromatic rings. The van der Waals surface area contributed by atoms with Crippen LogP contribution < -0.4 is 5.56 Å². The Hall–Kier alpha value is -3.06. The molecule has 0 saturated carbocycles. The van der Waals surface area contributed by atoms with Gasteiger partial charge in [-0.15, -0.1) is 0 Å². The fraction of sp³-hybridized carbons (Fsp3) is 0.300. The molecule has 0 spiro atoms. The second kappa shape index (κ2) is 5.99. The van der Waals surface area contributed by atoms with Crippen LogP contribution in [0.25, 0.3) is 21.9 Å². The van der Waals surface area contributed by atoms with Crippen LogP contribution in [-0.2, 0) is 13.6 Å². The average Bonchev–Trinajstić information content (AvgIpc) is 2.99. The minimum Gasteiger partial charge on any atom is -0.310 e. The molecule has 0 unspecified atom stereocenters. The first kappa shape index (κ1) is 16.1. The molecule has 27 heavy (non-hydrogen) atoms. The standard InChI is InChI=1S/C20H20N6O/c1-12-3-5-14-7-13(4-6-17(14)22-12)9-26-10-15(11-26)18-23-19-16(20(27)24-18)8-21-25(19)2/h3-8,15H,9-11H2,1-2H3,(H,23,24,27). The van der Waals surface area contributed by atoms with Crippen molar-refractivity contribution in [2.75, 3.05) is 13.1 Å². The van der Waals surface area contributed by atoms with Crippen molar-refractivity contribution in [1.82, 2.24) is 29.6 Å². The molecule has 5 rings (SSSR count). The molecule has 1 aliphatic rings. The first-order valence-corrected chi connectivity index (χ1v) is 9.07. The lowest BCUT2D eigenvalue weighted by Gasteiger charge is -2.38. The third kappa shape index (κ3) is 2.80. The van der Waals surface area contributed by atoms with Gasteiger partial charge in [0.2, 0.25) is 0 Å². The molecule has 1 aromatic carbocycles. The molecule has 136 valence electrons. The summed E-state index contributed by atoms with van der Waals surface area (Å²) in [6, 6.07) is 10.6. The van der Waals surface area contributed by atoms with E-state index in [2.05, 4.69) is 49.2 Å². The number of aromatic amines is 1. The highest BCUT2D eigenvalue weighted by atomic mass is 16.1. The van der Waals surface area contributed by atoms with Crippen LogP contribution in [-0.4, -0.2) is 42.7 Å². The molecule has 1 saturated heterocycles. The van der Waals surface area contributed by atoms with Crippen LogP contribution in [0.4, 0.5) is 0 Å². The lowest BCUT2D eigenvalue weighted by Crippen LogP contribution is -2.45. The topological polar surface area (TPSA) is 79.7 Å². The van der Waals surface area contributed by atoms with Gasteiger partial charge in [-0.25, -0.2) is 4.98 Å². The summed E-state index contributed by atoms with van der Waals surface area (Å²) in [5.74, 6) is 1.01. The number of hydrogen-bond donors (Lipinski definition) is 1. The molecular formula is C20H20N6O. The third-order valence-electron chi connectivity index (χ3n) is 5.26. The number of likely N-dealkylation sites (tertiary alicyclic amines) is 1. The number of rotatable bonds is 3. The van der Waals surface area contributed by atoms with Crippen molar-refractivity contribution in [1.29, 1.82) is 0 Å². The molecule has 0 aliphatic carbocycles. The molecule has 0 bridgehead atoms. The summed E-state index contributed by atoms with van der Waals surface area (Å²) in [5.41, 5.74) is 3.87. The van der Waals surface area contributed by atoms with Gasteiger partial charge in [0, 0.05) is 43.7 Å². The second-order valence-corrected chi connectivity index (χ2v) is 7.33. The van der Waals surface area contributed by atoms with E-state index < -0.39 is 0 Å². The molecule has 7 heteroatoms. The number of nitrogens with one attached hydrogen (secondary N) is 1. The van der Waals surface area contributed by atoms with Crippen LogP contribution in [0.5, 0.6) is 0 Å². The Morgan fingerprint density at radius 2 is 2.04 bits per heavy atom. The van der Waals surface area contributed by atoms with Gasteiger partial charge >= 0.3 is 0 Å². The van der Waals surface area contributed by atoms with Crippen molar-refractivity contribution in [3.05, 3.63) is 64.0 Å². The van der Waals surface area contributed by atoms with Gasteiger partial charge in [0.15, 0.2) is 5.65 Å². The van der Waals surface area contributed by atoms with Crippen molar-refractivity contribution in [2.45, 2.75) is 19.4 Å². The van der Waals surface area contributed by atoms with Gasteiger partial charge in [0.25, 0.3) is 5.56 Å². The fourth-order valence-electron chi connectivity index (χ4n) is 3.75. The fourth-order valence-corrected chi connectivity index (χ4v) is 3.75. The summed E-state index contributed by atoms with van der Waals surface area (Å²) >= 11 is 0. The summed E-state index contributed by atoms with van der Waals surface area (Å²) in [6.07, 6.45) is 1.56. The molecule has 7 nitrogen and oxygen atoms in total. The summed E-state index contributed by atoms with van der Waals surface area (Å²) in [4.78, 5) is 26.7. The van der Waals surface area contributed by atoms with E-state index in [1.165, 1.54) is 10.9 Å². The highest BCUT2D eigenvalue weighted by molar-refractivity contribution is 5.79. The summed E-state index contributed by atoms with van der Waals surface area (Å²) in [5, 5.41) is 5.83. The maximum absolute atomic E-state index is 12.2. The minimum atomic E-state index is -0.112. The normalized spacial score (nSPS) is 15.5. The van der Waals surface area contributed by atoms with Crippen LogP contribution in [0.15, 0.2) is 41.3 Å². The molecule has 0 atom stereocenters. The van der Waals surface area contributed by atoms with Gasteiger partial charge in [-0.3, -0.25) is 19.4 Å². The SMILES string of the molecule is Cc1ccc2cc(CN3CC(c4nc5c(cnn5C)c(=O)[nH]4)C3)ccc2n1. The quantitative estimate of drug-likeness (QED) is 0.605. The number of H-pyrrole nitrogens is 1. The molecule has 0 amide bonds. The van der Waals surface area contributed by atoms with E-state index in [0.717, 1.165) is 36.7 Å². The zero-order chi connectivity index (χ0) is 18.5. The maximum atomic E-state index is 12.2.